The number of halogens is 2. The predicted molar refractivity (Wildman–Crippen MR) is 87.7 cm³/mol. The van der Waals surface area contributed by atoms with Gasteiger partial charge in [-0.15, -0.1) is 36.6 Å². The summed E-state index contributed by atoms with van der Waals surface area (Å²) >= 11 is 4.19. The topological polar surface area (TPSA) is 42.8 Å². The Hall–Kier alpha value is -0.380. The molecule has 0 heterocycles. The SMILES string of the molecule is COC(CN/C(S)=N/Cc1ccc(F)cc1)OC.I. The van der Waals surface area contributed by atoms with Crippen LogP contribution in [0, 0.1) is 5.82 Å². The molecule has 4 nitrogen and oxygen atoms in total. The molecule has 0 amide bonds. The van der Waals surface area contributed by atoms with Crippen LogP contribution in [-0.4, -0.2) is 32.2 Å². The highest BCUT2D eigenvalue weighted by Crippen LogP contribution is 2.04. The number of rotatable bonds is 6. The minimum atomic E-state index is -0.340. The molecule has 108 valence electrons. The average molecular weight is 400 g/mol. The van der Waals surface area contributed by atoms with Crippen LogP contribution in [0.1, 0.15) is 5.56 Å². The second kappa shape index (κ2) is 10.4. The Labute approximate surface area is 135 Å². The molecule has 7 heteroatoms. The molecule has 0 saturated heterocycles. The van der Waals surface area contributed by atoms with Crippen LogP contribution in [0.25, 0.3) is 0 Å². The first-order valence-corrected chi connectivity index (χ1v) is 5.87. The van der Waals surface area contributed by atoms with Gasteiger partial charge in [0.25, 0.3) is 0 Å². The number of hydrogen-bond acceptors (Lipinski definition) is 3. The molecule has 0 fully saturated rings. The molecule has 0 aliphatic rings. The molecule has 0 aliphatic carbocycles. The maximum absolute atomic E-state index is 12.7. The third kappa shape index (κ3) is 7.71. The van der Waals surface area contributed by atoms with Crippen molar-refractivity contribution in [2.45, 2.75) is 12.8 Å². The van der Waals surface area contributed by atoms with Gasteiger partial charge in [-0.2, -0.15) is 0 Å². The van der Waals surface area contributed by atoms with Crippen molar-refractivity contribution in [1.29, 1.82) is 0 Å². The van der Waals surface area contributed by atoms with Crippen molar-refractivity contribution < 1.29 is 13.9 Å². The lowest BCUT2D eigenvalue weighted by Gasteiger charge is -2.14. The van der Waals surface area contributed by atoms with Crippen molar-refractivity contribution >= 4 is 41.8 Å². The monoisotopic (exact) mass is 400 g/mol. The van der Waals surface area contributed by atoms with Gasteiger partial charge in [-0.3, -0.25) is 4.99 Å². The summed E-state index contributed by atoms with van der Waals surface area (Å²) in [6, 6.07) is 6.19. The van der Waals surface area contributed by atoms with Crippen molar-refractivity contribution in [3.05, 3.63) is 35.6 Å². The zero-order valence-electron chi connectivity index (χ0n) is 10.8. The molecule has 0 aliphatic heterocycles. The van der Waals surface area contributed by atoms with E-state index < -0.39 is 0 Å². The molecule has 0 unspecified atom stereocenters. The van der Waals surface area contributed by atoms with Gasteiger partial charge in [0.2, 0.25) is 0 Å². The van der Waals surface area contributed by atoms with E-state index in [1.165, 1.54) is 12.1 Å². The smallest absolute Gasteiger partial charge is 0.174 e. The number of aliphatic imine (C=N–C) groups is 1. The number of nitrogens with zero attached hydrogens (tertiary/aromatic N) is 1. The quantitative estimate of drug-likeness (QED) is 0.254. The fraction of sp³-hybridized carbons (Fsp3) is 0.417. The first-order valence-electron chi connectivity index (χ1n) is 5.43. The van der Waals surface area contributed by atoms with Gasteiger partial charge in [0.05, 0.1) is 13.1 Å². The molecule has 1 aromatic rings. The fourth-order valence-corrected chi connectivity index (χ4v) is 1.41. The van der Waals surface area contributed by atoms with E-state index in [0.29, 0.717) is 18.3 Å². The summed E-state index contributed by atoms with van der Waals surface area (Å²) in [4.78, 5) is 4.20. The number of methoxy groups -OCH3 is 2. The lowest BCUT2D eigenvalue weighted by Crippen LogP contribution is -2.32. The number of thiol groups is 1. The Morgan fingerprint density at radius 2 is 1.89 bits per heavy atom. The molecule has 0 aromatic heterocycles. The molecule has 0 radical (unpaired) electrons. The van der Waals surface area contributed by atoms with Crippen molar-refractivity contribution in [3.63, 3.8) is 0 Å². The van der Waals surface area contributed by atoms with Gasteiger partial charge in [-0.05, 0) is 17.7 Å². The largest absolute Gasteiger partial charge is 0.360 e. The van der Waals surface area contributed by atoms with Crippen LogP contribution in [0.4, 0.5) is 4.39 Å². The minimum absolute atomic E-state index is 0. The van der Waals surface area contributed by atoms with Crippen molar-refractivity contribution in [2.75, 3.05) is 20.8 Å². The van der Waals surface area contributed by atoms with Crippen LogP contribution in [0.2, 0.25) is 0 Å². The first kappa shape index (κ1) is 18.6. The van der Waals surface area contributed by atoms with Crippen LogP contribution in [-0.2, 0) is 16.0 Å². The zero-order chi connectivity index (χ0) is 13.4. The summed E-state index contributed by atoms with van der Waals surface area (Å²) in [6.45, 7) is 0.898. The normalized spacial score (nSPS) is 11.3. The predicted octanol–water partition coefficient (Wildman–Crippen LogP) is 2.44. The second-order valence-electron chi connectivity index (χ2n) is 3.55. The molecule has 0 bridgehead atoms. The zero-order valence-corrected chi connectivity index (χ0v) is 14.0. The van der Waals surface area contributed by atoms with E-state index in [-0.39, 0.29) is 36.1 Å². The van der Waals surface area contributed by atoms with Gasteiger partial charge in [0.1, 0.15) is 5.82 Å². The van der Waals surface area contributed by atoms with E-state index in [2.05, 4.69) is 22.9 Å². The highest BCUT2D eigenvalue weighted by molar-refractivity contribution is 14.0. The molecular formula is C12H18FIN2O2S. The molecule has 1 rings (SSSR count). The Morgan fingerprint density at radius 3 is 2.42 bits per heavy atom. The summed E-state index contributed by atoms with van der Waals surface area (Å²) in [5.74, 6) is -0.255. The summed E-state index contributed by atoms with van der Waals surface area (Å²) in [6.07, 6.45) is -0.340. The summed E-state index contributed by atoms with van der Waals surface area (Å²) < 4.78 is 22.7. The van der Waals surface area contributed by atoms with Gasteiger partial charge in [0.15, 0.2) is 11.5 Å². The number of benzene rings is 1. The van der Waals surface area contributed by atoms with Gasteiger partial charge in [-0.1, -0.05) is 12.1 Å². The minimum Gasteiger partial charge on any atom is -0.360 e. The molecule has 0 atom stereocenters. The highest BCUT2D eigenvalue weighted by atomic mass is 127. The van der Waals surface area contributed by atoms with Crippen LogP contribution in [0.5, 0.6) is 0 Å². The van der Waals surface area contributed by atoms with Crippen LogP contribution in [0.3, 0.4) is 0 Å². The van der Waals surface area contributed by atoms with E-state index in [1.54, 1.807) is 26.4 Å². The van der Waals surface area contributed by atoms with E-state index in [9.17, 15) is 4.39 Å². The summed E-state index contributed by atoms with van der Waals surface area (Å²) in [5, 5.41) is 3.44. The lowest BCUT2D eigenvalue weighted by molar-refractivity contribution is -0.0964. The van der Waals surface area contributed by atoms with E-state index in [4.69, 9.17) is 9.47 Å². The lowest BCUT2D eigenvalue weighted by atomic mass is 10.2. The Kier molecular flexibility index (Phi) is 10.2. The summed E-state index contributed by atoms with van der Waals surface area (Å²) in [7, 11) is 3.12. The average Bonchev–Trinajstić information content (AvgIpc) is 2.39. The van der Waals surface area contributed by atoms with E-state index in [1.807, 2.05) is 0 Å². The third-order valence-corrected chi connectivity index (χ3v) is 2.58. The first-order chi connectivity index (χ1) is 8.65. The molecule has 19 heavy (non-hydrogen) atoms. The van der Waals surface area contributed by atoms with E-state index >= 15 is 0 Å². The van der Waals surface area contributed by atoms with Crippen LogP contribution >= 0.6 is 36.6 Å². The molecule has 1 N–H and O–H groups in total. The van der Waals surface area contributed by atoms with Crippen LogP contribution in [0.15, 0.2) is 29.3 Å². The van der Waals surface area contributed by atoms with Gasteiger partial charge in [0, 0.05) is 14.2 Å². The van der Waals surface area contributed by atoms with Gasteiger partial charge >= 0.3 is 0 Å². The molecule has 1 aromatic carbocycles. The van der Waals surface area contributed by atoms with Gasteiger partial charge < -0.3 is 14.8 Å². The van der Waals surface area contributed by atoms with E-state index in [0.717, 1.165) is 5.56 Å². The molecule has 0 spiro atoms. The van der Waals surface area contributed by atoms with Crippen molar-refractivity contribution in [3.8, 4) is 0 Å². The van der Waals surface area contributed by atoms with Crippen LogP contribution < -0.4 is 5.32 Å². The second-order valence-corrected chi connectivity index (χ2v) is 3.97. The Bertz CT molecular complexity index is 386. The molecule has 0 saturated carbocycles. The van der Waals surface area contributed by atoms with Crippen molar-refractivity contribution in [1.82, 2.24) is 5.32 Å². The number of nitrogens with one attached hydrogen (secondary N) is 1. The fourth-order valence-electron chi connectivity index (χ4n) is 1.25. The summed E-state index contributed by atoms with van der Waals surface area (Å²) in [5.41, 5.74) is 0.916. The highest BCUT2D eigenvalue weighted by Gasteiger charge is 2.04. The standard InChI is InChI=1S/C12H17FN2O2S.HI/c1-16-11(17-2)8-15-12(18)14-7-9-3-5-10(13)6-4-9;/h3-6,11H,7-8H2,1-2H3,(H2,14,15,18);1H. The molecular weight excluding hydrogens is 382 g/mol. The Morgan fingerprint density at radius 1 is 1.32 bits per heavy atom. The third-order valence-electron chi connectivity index (χ3n) is 2.28. The maximum Gasteiger partial charge on any atom is 0.174 e. The number of amidine groups is 1. The Balaban J connectivity index is 0.00000324. The number of ether oxygens (including phenoxy) is 2. The number of hydrogen-bond donors (Lipinski definition) is 2. The van der Waals surface area contributed by atoms with Crippen molar-refractivity contribution in [2.24, 2.45) is 4.99 Å². The van der Waals surface area contributed by atoms with Gasteiger partial charge in [-0.25, -0.2) is 4.39 Å². The maximum atomic E-state index is 12.7.